The van der Waals surface area contributed by atoms with Crippen molar-refractivity contribution in [2.45, 2.75) is 6.92 Å². The molecule has 0 aliphatic carbocycles. The predicted molar refractivity (Wildman–Crippen MR) is 86.7 cm³/mol. The maximum Gasteiger partial charge on any atom is 0.250 e. The molecule has 3 aromatic rings. The number of ether oxygens (including phenoxy) is 1. The summed E-state index contributed by atoms with van der Waals surface area (Å²) in [4.78, 5) is 19.7. The predicted octanol–water partition coefficient (Wildman–Crippen LogP) is 3.20. The molecule has 0 unspecified atom stereocenters. The molecule has 3 rings (SSSR count). The number of aromatic nitrogens is 2. The van der Waals surface area contributed by atoms with E-state index in [2.05, 4.69) is 15.3 Å². The van der Waals surface area contributed by atoms with Crippen LogP contribution in [0.2, 0.25) is 0 Å². The number of nitrogens with zero attached hydrogens (tertiary/aromatic N) is 1. The van der Waals surface area contributed by atoms with E-state index in [9.17, 15) is 4.79 Å². The van der Waals surface area contributed by atoms with Crippen LogP contribution in [0.25, 0.3) is 22.4 Å². The lowest BCUT2D eigenvalue weighted by molar-refractivity contribution is -0.120. The van der Waals surface area contributed by atoms with Gasteiger partial charge in [-0.15, -0.1) is 0 Å². The summed E-state index contributed by atoms with van der Waals surface area (Å²) in [5, 5.41) is 2.86. The van der Waals surface area contributed by atoms with E-state index in [1.165, 1.54) is 0 Å². The van der Waals surface area contributed by atoms with Crippen LogP contribution in [0.15, 0.2) is 48.5 Å². The molecule has 0 radical (unpaired) electrons. The Labute approximate surface area is 128 Å². The average molecular weight is 295 g/mol. The van der Waals surface area contributed by atoms with Gasteiger partial charge < -0.3 is 15.0 Å². The summed E-state index contributed by atoms with van der Waals surface area (Å²) in [6, 6.07) is 15.4. The maximum absolute atomic E-state index is 11.9. The molecule has 2 aromatic carbocycles. The minimum atomic E-state index is -0.176. The molecule has 2 N–H and O–H groups in total. The molecule has 0 bridgehead atoms. The Morgan fingerprint density at radius 3 is 2.77 bits per heavy atom. The number of hydrogen-bond donors (Lipinski definition) is 2. The average Bonchev–Trinajstić information content (AvgIpc) is 2.97. The summed E-state index contributed by atoms with van der Waals surface area (Å²) in [6.07, 6.45) is 0. The van der Waals surface area contributed by atoms with Gasteiger partial charge in [0.1, 0.15) is 12.4 Å². The molecule has 0 saturated heterocycles. The highest BCUT2D eigenvalue weighted by atomic mass is 16.5. The van der Waals surface area contributed by atoms with Gasteiger partial charge in [0, 0.05) is 12.2 Å². The van der Waals surface area contributed by atoms with Crippen molar-refractivity contribution in [3.63, 3.8) is 0 Å². The number of para-hydroxylation sites is 3. The number of benzene rings is 2. The first-order chi connectivity index (χ1) is 10.8. The van der Waals surface area contributed by atoms with Crippen LogP contribution >= 0.6 is 0 Å². The highest BCUT2D eigenvalue weighted by Crippen LogP contribution is 2.27. The van der Waals surface area contributed by atoms with Gasteiger partial charge in [-0.2, -0.15) is 0 Å². The number of nitrogens with one attached hydrogen (secondary N) is 2. The van der Waals surface area contributed by atoms with Crippen LogP contribution in [-0.4, -0.2) is 29.1 Å². The van der Waals surface area contributed by atoms with Crippen molar-refractivity contribution in [1.29, 1.82) is 0 Å². The third-order valence-corrected chi connectivity index (χ3v) is 3.28. The minimum Gasteiger partial charge on any atom is -0.372 e. The van der Waals surface area contributed by atoms with Gasteiger partial charge >= 0.3 is 0 Å². The summed E-state index contributed by atoms with van der Waals surface area (Å²) in [5.74, 6) is 0.555. The molecule has 1 amide bonds. The number of carbonyl (C=O) groups is 1. The number of imidazole rings is 1. The Morgan fingerprint density at radius 1 is 1.18 bits per heavy atom. The number of H-pyrrole nitrogens is 1. The second kappa shape index (κ2) is 6.41. The van der Waals surface area contributed by atoms with Gasteiger partial charge in [-0.1, -0.05) is 24.3 Å². The lowest BCUT2D eigenvalue weighted by Gasteiger charge is -2.09. The molecule has 1 aromatic heterocycles. The summed E-state index contributed by atoms with van der Waals surface area (Å²) < 4.78 is 5.13. The molecule has 0 aliphatic rings. The number of aromatic amines is 1. The number of carbonyl (C=O) groups excluding carboxylic acids is 1. The van der Waals surface area contributed by atoms with Crippen molar-refractivity contribution >= 4 is 22.6 Å². The van der Waals surface area contributed by atoms with Gasteiger partial charge in [0.15, 0.2) is 0 Å². The van der Waals surface area contributed by atoms with E-state index in [0.717, 1.165) is 22.4 Å². The molecule has 1 heterocycles. The second-order valence-corrected chi connectivity index (χ2v) is 4.83. The van der Waals surface area contributed by atoms with Crippen LogP contribution in [-0.2, 0) is 9.53 Å². The summed E-state index contributed by atoms with van der Waals surface area (Å²) >= 11 is 0. The van der Waals surface area contributed by atoms with E-state index in [0.29, 0.717) is 12.3 Å². The zero-order valence-corrected chi connectivity index (χ0v) is 12.3. The standard InChI is InChI=1S/C17H17N3O2/c1-2-22-11-16(21)18-13-8-4-3-7-12(13)17-19-14-9-5-6-10-15(14)20-17/h3-10H,2,11H2,1H3,(H,18,21)(H,19,20). The van der Waals surface area contributed by atoms with Gasteiger partial charge in [0.05, 0.1) is 16.7 Å². The van der Waals surface area contributed by atoms with Gasteiger partial charge in [-0.25, -0.2) is 4.98 Å². The molecule has 0 fully saturated rings. The minimum absolute atomic E-state index is 0.0466. The summed E-state index contributed by atoms with van der Waals surface area (Å²) in [6.45, 7) is 2.42. The number of anilines is 1. The highest BCUT2D eigenvalue weighted by Gasteiger charge is 2.11. The number of hydrogen-bond acceptors (Lipinski definition) is 3. The zero-order valence-electron chi connectivity index (χ0n) is 12.3. The highest BCUT2D eigenvalue weighted by molar-refractivity contribution is 5.96. The van der Waals surface area contributed by atoms with Gasteiger partial charge in [0.2, 0.25) is 5.91 Å². The van der Waals surface area contributed by atoms with E-state index in [4.69, 9.17) is 4.74 Å². The van der Waals surface area contributed by atoms with Crippen LogP contribution < -0.4 is 5.32 Å². The number of rotatable bonds is 5. The van der Waals surface area contributed by atoms with Crippen LogP contribution in [0.5, 0.6) is 0 Å². The first-order valence-corrected chi connectivity index (χ1v) is 7.19. The van der Waals surface area contributed by atoms with Crippen LogP contribution in [0.1, 0.15) is 6.92 Å². The Balaban J connectivity index is 1.92. The molecule has 22 heavy (non-hydrogen) atoms. The molecule has 0 spiro atoms. The second-order valence-electron chi connectivity index (χ2n) is 4.83. The van der Waals surface area contributed by atoms with E-state index < -0.39 is 0 Å². The largest absolute Gasteiger partial charge is 0.372 e. The van der Waals surface area contributed by atoms with Crippen LogP contribution in [0.4, 0.5) is 5.69 Å². The van der Waals surface area contributed by atoms with Crippen molar-refractivity contribution < 1.29 is 9.53 Å². The molecule has 5 heteroatoms. The monoisotopic (exact) mass is 295 g/mol. The van der Waals surface area contributed by atoms with E-state index in [1.807, 2.05) is 55.5 Å². The van der Waals surface area contributed by atoms with Gasteiger partial charge in [0.25, 0.3) is 0 Å². The number of fused-ring (bicyclic) bond motifs is 1. The summed E-state index contributed by atoms with van der Waals surface area (Å²) in [7, 11) is 0. The van der Waals surface area contributed by atoms with Gasteiger partial charge in [-0.05, 0) is 31.2 Å². The third kappa shape index (κ3) is 2.99. The molecule has 5 nitrogen and oxygen atoms in total. The zero-order chi connectivity index (χ0) is 15.4. The quantitative estimate of drug-likeness (QED) is 0.759. The van der Waals surface area contributed by atoms with Crippen molar-refractivity contribution in [3.05, 3.63) is 48.5 Å². The summed E-state index contributed by atoms with van der Waals surface area (Å²) in [5.41, 5.74) is 3.43. The smallest absolute Gasteiger partial charge is 0.250 e. The first kappa shape index (κ1) is 14.3. The van der Waals surface area contributed by atoms with Gasteiger partial charge in [-0.3, -0.25) is 4.79 Å². The van der Waals surface area contributed by atoms with Crippen LogP contribution in [0, 0.1) is 0 Å². The molecular formula is C17H17N3O2. The Hall–Kier alpha value is -2.66. The van der Waals surface area contributed by atoms with Crippen LogP contribution in [0.3, 0.4) is 0 Å². The number of amides is 1. The van der Waals surface area contributed by atoms with Crippen molar-refractivity contribution in [2.75, 3.05) is 18.5 Å². The Morgan fingerprint density at radius 2 is 1.95 bits per heavy atom. The maximum atomic E-state index is 11.9. The molecular weight excluding hydrogens is 278 g/mol. The van der Waals surface area contributed by atoms with Crippen molar-refractivity contribution in [3.8, 4) is 11.4 Å². The van der Waals surface area contributed by atoms with E-state index >= 15 is 0 Å². The fraction of sp³-hybridized carbons (Fsp3) is 0.176. The molecule has 0 saturated carbocycles. The molecule has 112 valence electrons. The fourth-order valence-electron chi connectivity index (χ4n) is 2.26. The lowest BCUT2D eigenvalue weighted by Crippen LogP contribution is -2.18. The Bertz CT molecular complexity index is 762. The first-order valence-electron chi connectivity index (χ1n) is 7.19. The third-order valence-electron chi connectivity index (χ3n) is 3.28. The van der Waals surface area contributed by atoms with Crippen molar-refractivity contribution in [1.82, 2.24) is 9.97 Å². The van der Waals surface area contributed by atoms with E-state index in [1.54, 1.807) is 0 Å². The molecule has 0 aliphatic heterocycles. The van der Waals surface area contributed by atoms with E-state index in [-0.39, 0.29) is 12.5 Å². The normalized spacial score (nSPS) is 10.8. The van der Waals surface area contributed by atoms with Crippen molar-refractivity contribution in [2.24, 2.45) is 0 Å². The lowest BCUT2D eigenvalue weighted by atomic mass is 10.1. The molecule has 0 atom stereocenters. The SMILES string of the molecule is CCOCC(=O)Nc1ccccc1-c1nc2ccccc2[nH]1. The Kier molecular flexibility index (Phi) is 4.16. The topological polar surface area (TPSA) is 67.0 Å². The fourth-order valence-corrected chi connectivity index (χ4v) is 2.26.